The molecular formula is C71H131NO5. The third kappa shape index (κ3) is 62.6. The fourth-order valence-corrected chi connectivity index (χ4v) is 10.3. The van der Waals surface area contributed by atoms with Gasteiger partial charge in [-0.15, -0.1) is 0 Å². The van der Waals surface area contributed by atoms with Crippen LogP contribution in [0.15, 0.2) is 60.8 Å². The molecule has 6 heteroatoms. The smallest absolute Gasteiger partial charge is 0.305 e. The maximum Gasteiger partial charge on any atom is 0.305 e. The standard InChI is InChI=1S/C71H131NO5/c1-3-5-7-9-11-13-15-17-19-21-33-37-41-45-49-53-57-61-65-71(76)77-66-62-58-54-50-46-42-38-34-30-28-26-24-22-23-25-27-29-32-36-40-44-48-52-56-60-64-70(75)72-68(67-73)69(74)63-59-55-51-47-43-39-35-31-20-18-16-14-12-10-8-6-4-2/h13,15,19,21,23-26,59,63,68-69,73-74H,3-12,14,16-18,20,22,27-58,60-62,64-67H2,1-2H3,(H,72,75)/b15-13-,21-19-,25-23-,26-24-,63-59+. The molecule has 77 heavy (non-hydrogen) atoms. The molecule has 0 bridgehead atoms. The Balaban J connectivity index is 3.46. The van der Waals surface area contributed by atoms with Crippen molar-refractivity contribution >= 4 is 11.9 Å². The minimum atomic E-state index is -0.850. The molecule has 0 saturated carbocycles. The Morgan fingerprint density at radius 2 is 0.649 bits per heavy atom. The largest absolute Gasteiger partial charge is 0.466 e. The van der Waals surface area contributed by atoms with Gasteiger partial charge in [0.25, 0.3) is 0 Å². The molecule has 2 atom stereocenters. The number of carbonyl (C=O) groups excluding carboxylic acids is 2. The average Bonchev–Trinajstić information content (AvgIpc) is 3.43. The molecule has 0 saturated heterocycles. The van der Waals surface area contributed by atoms with Crippen LogP contribution in [0.1, 0.15) is 354 Å². The van der Waals surface area contributed by atoms with Gasteiger partial charge in [-0.2, -0.15) is 0 Å². The fourth-order valence-electron chi connectivity index (χ4n) is 10.3. The first kappa shape index (κ1) is 74.6. The lowest BCUT2D eigenvalue weighted by Crippen LogP contribution is -2.45. The highest BCUT2D eigenvalue weighted by atomic mass is 16.5. The molecule has 0 heterocycles. The summed E-state index contributed by atoms with van der Waals surface area (Å²) in [6.45, 7) is 4.89. The molecule has 0 radical (unpaired) electrons. The highest BCUT2D eigenvalue weighted by Gasteiger charge is 2.18. The number of hydrogen-bond donors (Lipinski definition) is 3. The van der Waals surface area contributed by atoms with Crippen LogP contribution in [0.25, 0.3) is 0 Å². The monoisotopic (exact) mass is 1080 g/mol. The molecule has 3 N–H and O–H groups in total. The van der Waals surface area contributed by atoms with Crippen molar-refractivity contribution in [1.29, 1.82) is 0 Å². The third-order valence-corrected chi connectivity index (χ3v) is 15.5. The first-order chi connectivity index (χ1) is 38.0. The molecule has 0 rings (SSSR count). The number of amides is 1. The maximum absolute atomic E-state index is 12.5. The van der Waals surface area contributed by atoms with E-state index in [0.29, 0.717) is 19.4 Å². The number of rotatable bonds is 63. The SMILES string of the molecule is CCCCCC/C=C\C/C=C\CCCCCCCCCC(=O)OCCCCCCCCCCC/C=C\C/C=C\CCCCCCCCCCCC(=O)NC(CO)C(O)/C=C/CCCCCCCCCCCCCCCCC. The second-order valence-electron chi connectivity index (χ2n) is 23.1. The van der Waals surface area contributed by atoms with Gasteiger partial charge in [0.2, 0.25) is 5.91 Å². The minimum Gasteiger partial charge on any atom is -0.466 e. The number of esters is 1. The van der Waals surface area contributed by atoms with Gasteiger partial charge in [-0.3, -0.25) is 9.59 Å². The maximum atomic E-state index is 12.5. The summed E-state index contributed by atoms with van der Waals surface area (Å²) in [7, 11) is 0. The molecular weight excluding hydrogens is 947 g/mol. The quantitative estimate of drug-likeness (QED) is 0.0320. The van der Waals surface area contributed by atoms with E-state index in [1.54, 1.807) is 6.08 Å². The van der Waals surface area contributed by atoms with E-state index in [4.69, 9.17) is 4.74 Å². The first-order valence-corrected chi connectivity index (χ1v) is 34.1. The lowest BCUT2D eigenvalue weighted by atomic mass is 10.0. The van der Waals surface area contributed by atoms with Crippen LogP contribution in [0.4, 0.5) is 0 Å². The molecule has 0 aliphatic heterocycles. The van der Waals surface area contributed by atoms with Crippen LogP contribution >= 0.6 is 0 Å². The van der Waals surface area contributed by atoms with Crippen LogP contribution < -0.4 is 5.32 Å². The molecule has 6 nitrogen and oxygen atoms in total. The fraction of sp³-hybridized carbons (Fsp3) is 0.831. The summed E-state index contributed by atoms with van der Waals surface area (Å²) in [5.41, 5.74) is 0. The zero-order valence-corrected chi connectivity index (χ0v) is 51.4. The predicted molar refractivity (Wildman–Crippen MR) is 338 cm³/mol. The first-order valence-electron chi connectivity index (χ1n) is 34.1. The molecule has 0 aliphatic rings. The van der Waals surface area contributed by atoms with Crippen molar-refractivity contribution in [2.45, 2.75) is 366 Å². The lowest BCUT2D eigenvalue weighted by molar-refractivity contribution is -0.143. The van der Waals surface area contributed by atoms with Gasteiger partial charge in [0.15, 0.2) is 0 Å². The van der Waals surface area contributed by atoms with Crippen LogP contribution in [-0.2, 0) is 14.3 Å². The van der Waals surface area contributed by atoms with E-state index < -0.39 is 12.1 Å². The molecule has 0 aromatic rings. The summed E-state index contributed by atoms with van der Waals surface area (Å²) in [6.07, 6.45) is 87.1. The Kier molecular flexibility index (Phi) is 64.0. The number of aliphatic hydroxyl groups excluding tert-OH is 2. The molecule has 0 aliphatic carbocycles. The molecule has 1 amide bonds. The van der Waals surface area contributed by atoms with E-state index in [1.165, 1.54) is 270 Å². The molecule has 450 valence electrons. The zero-order valence-electron chi connectivity index (χ0n) is 51.4. The Hall–Kier alpha value is -2.44. The number of allylic oxidation sites excluding steroid dienone is 9. The van der Waals surface area contributed by atoms with Crippen LogP contribution in [-0.4, -0.2) is 47.4 Å². The van der Waals surface area contributed by atoms with Gasteiger partial charge in [-0.05, 0) is 96.3 Å². The molecule has 2 unspecified atom stereocenters. The van der Waals surface area contributed by atoms with E-state index in [2.05, 4.69) is 67.8 Å². The van der Waals surface area contributed by atoms with E-state index in [9.17, 15) is 19.8 Å². The van der Waals surface area contributed by atoms with E-state index in [0.717, 1.165) is 57.8 Å². The van der Waals surface area contributed by atoms with Crippen molar-refractivity contribution in [2.24, 2.45) is 0 Å². The summed E-state index contributed by atoms with van der Waals surface area (Å²) in [6, 6.07) is -0.634. The minimum absolute atomic E-state index is 0.000999. The number of hydrogen-bond acceptors (Lipinski definition) is 5. The summed E-state index contributed by atoms with van der Waals surface area (Å²) in [5, 5.41) is 23.2. The van der Waals surface area contributed by atoms with E-state index >= 15 is 0 Å². The van der Waals surface area contributed by atoms with Gasteiger partial charge in [0.1, 0.15) is 0 Å². The summed E-state index contributed by atoms with van der Waals surface area (Å²) < 4.78 is 5.49. The highest BCUT2D eigenvalue weighted by molar-refractivity contribution is 5.76. The molecule has 0 aromatic carbocycles. The van der Waals surface area contributed by atoms with Gasteiger partial charge in [-0.1, -0.05) is 306 Å². The molecule has 0 aromatic heterocycles. The van der Waals surface area contributed by atoms with Crippen LogP contribution in [0, 0.1) is 0 Å². The average molecular weight is 1080 g/mol. The van der Waals surface area contributed by atoms with Crippen molar-refractivity contribution < 1.29 is 24.5 Å². The van der Waals surface area contributed by atoms with E-state index in [1.807, 2.05) is 6.08 Å². The third-order valence-electron chi connectivity index (χ3n) is 15.5. The Bertz CT molecular complexity index is 1340. The number of aliphatic hydroxyl groups is 2. The van der Waals surface area contributed by atoms with Gasteiger partial charge < -0.3 is 20.3 Å². The lowest BCUT2D eigenvalue weighted by Gasteiger charge is -2.20. The normalized spacial score (nSPS) is 12.9. The summed E-state index contributed by atoms with van der Waals surface area (Å²) in [5.74, 6) is -0.0719. The molecule has 0 fully saturated rings. The number of carbonyl (C=O) groups is 2. The summed E-state index contributed by atoms with van der Waals surface area (Å²) >= 11 is 0. The Morgan fingerprint density at radius 3 is 1.00 bits per heavy atom. The number of unbranched alkanes of at least 4 members (excludes halogenated alkanes) is 44. The van der Waals surface area contributed by atoms with Gasteiger partial charge in [-0.25, -0.2) is 0 Å². The summed E-state index contributed by atoms with van der Waals surface area (Å²) in [4.78, 5) is 24.6. The second-order valence-corrected chi connectivity index (χ2v) is 23.1. The zero-order chi connectivity index (χ0) is 55.7. The second kappa shape index (κ2) is 66.1. The van der Waals surface area contributed by atoms with Crippen molar-refractivity contribution in [1.82, 2.24) is 5.32 Å². The Labute approximate surface area is 479 Å². The van der Waals surface area contributed by atoms with E-state index in [-0.39, 0.29) is 18.5 Å². The predicted octanol–water partition coefficient (Wildman–Crippen LogP) is 21.9. The van der Waals surface area contributed by atoms with Crippen molar-refractivity contribution in [3.63, 3.8) is 0 Å². The number of nitrogens with one attached hydrogen (secondary N) is 1. The topological polar surface area (TPSA) is 95.9 Å². The van der Waals surface area contributed by atoms with Crippen molar-refractivity contribution in [3.05, 3.63) is 60.8 Å². The Morgan fingerprint density at radius 1 is 0.364 bits per heavy atom. The van der Waals surface area contributed by atoms with Crippen LogP contribution in [0.2, 0.25) is 0 Å². The van der Waals surface area contributed by atoms with Gasteiger partial charge in [0, 0.05) is 12.8 Å². The number of ether oxygens (including phenoxy) is 1. The van der Waals surface area contributed by atoms with Gasteiger partial charge in [0.05, 0.1) is 25.4 Å². The van der Waals surface area contributed by atoms with Crippen LogP contribution in [0.3, 0.4) is 0 Å². The van der Waals surface area contributed by atoms with Gasteiger partial charge >= 0.3 is 5.97 Å². The molecule has 0 spiro atoms. The highest BCUT2D eigenvalue weighted by Crippen LogP contribution is 2.17. The van der Waals surface area contributed by atoms with Crippen molar-refractivity contribution in [2.75, 3.05) is 13.2 Å². The van der Waals surface area contributed by atoms with Crippen molar-refractivity contribution in [3.8, 4) is 0 Å². The van der Waals surface area contributed by atoms with Crippen LogP contribution in [0.5, 0.6) is 0 Å².